The topological polar surface area (TPSA) is 89.8 Å². The van der Waals surface area contributed by atoms with E-state index in [4.69, 9.17) is 0 Å². The number of aliphatic hydroxyl groups excluding tert-OH is 3. The second-order valence-electron chi connectivity index (χ2n) is 9.20. The predicted molar refractivity (Wildman–Crippen MR) is 121 cm³/mol. The van der Waals surface area contributed by atoms with Crippen LogP contribution in [-0.4, -0.2) is 46.1 Å². The SMILES string of the molecule is CCNC(=O)CCC/C=C\C[C@@H]1[C@@H](/C=C/[C@@H](O)CCC2CCCCC2)[C@H](O)C[C@@H]1O. The average Bonchev–Trinajstić information content (AvgIpc) is 3.00. The van der Waals surface area contributed by atoms with Gasteiger partial charge < -0.3 is 20.6 Å². The van der Waals surface area contributed by atoms with Crippen LogP contribution in [0, 0.1) is 17.8 Å². The van der Waals surface area contributed by atoms with Crippen LogP contribution in [0.5, 0.6) is 0 Å². The largest absolute Gasteiger partial charge is 0.393 e. The molecule has 0 aliphatic heterocycles. The fourth-order valence-corrected chi connectivity index (χ4v) is 4.98. The quantitative estimate of drug-likeness (QED) is 0.284. The minimum atomic E-state index is -0.557. The number of unbranched alkanes of at least 4 members (excludes halogenated alkanes) is 1. The monoisotopic (exact) mass is 421 g/mol. The summed E-state index contributed by atoms with van der Waals surface area (Å²) in [7, 11) is 0. The summed E-state index contributed by atoms with van der Waals surface area (Å²) in [6.07, 6.45) is 18.1. The summed E-state index contributed by atoms with van der Waals surface area (Å²) < 4.78 is 0. The fourth-order valence-electron chi connectivity index (χ4n) is 4.98. The highest BCUT2D eigenvalue weighted by Crippen LogP contribution is 2.36. The number of allylic oxidation sites excluding steroid dienone is 2. The molecule has 0 aromatic rings. The molecule has 0 spiro atoms. The normalized spacial score (nSPS) is 29.1. The van der Waals surface area contributed by atoms with E-state index in [1.807, 2.05) is 19.1 Å². The lowest BCUT2D eigenvalue weighted by Crippen LogP contribution is -2.21. The van der Waals surface area contributed by atoms with E-state index in [0.717, 1.165) is 31.6 Å². The molecule has 2 fully saturated rings. The van der Waals surface area contributed by atoms with E-state index in [1.165, 1.54) is 32.1 Å². The van der Waals surface area contributed by atoms with Crippen LogP contribution in [0.3, 0.4) is 0 Å². The Morgan fingerprint density at radius 1 is 1.13 bits per heavy atom. The van der Waals surface area contributed by atoms with Crippen LogP contribution in [0.1, 0.15) is 84.0 Å². The van der Waals surface area contributed by atoms with Gasteiger partial charge in [-0.2, -0.15) is 0 Å². The zero-order chi connectivity index (χ0) is 21.8. The van der Waals surface area contributed by atoms with Crippen LogP contribution in [0.15, 0.2) is 24.3 Å². The van der Waals surface area contributed by atoms with Crippen LogP contribution in [0.25, 0.3) is 0 Å². The number of carbonyl (C=O) groups excluding carboxylic acids is 1. The zero-order valence-corrected chi connectivity index (χ0v) is 18.7. The minimum absolute atomic E-state index is 0.0264. The van der Waals surface area contributed by atoms with Gasteiger partial charge in [0.05, 0.1) is 18.3 Å². The number of carbonyl (C=O) groups is 1. The summed E-state index contributed by atoms with van der Waals surface area (Å²) in [5, 5.41) is 33.9. The number of aliphatic hydroxyl groups is 3. The van der Waals surface area contributed by atoms with Gasteiger partial charge in [0, 0.05) is 25.3 Å². The van der Waals surface area contributed by atoms with Crippen molar-refractivity contribution in [2.45, 2.75) is 102 Å². The first-order valence-electron chi connectivity index (χ1n) is 12.2. The standard InChI is InChI=1S/C25H43NO4/c1-2-26-25(30)13-9-4-3-8-12-21-22(24(29)18-23(21)28)17-16-20(27)15-14-19-10-6-5-7-11-19/h3,8,16-17,19-24,27-29H,2,4-7,9-15,18H2,1H3,(H,26,30)/b8-3-,17-16+/t20-,21+,22+,23-,24+/m0/s1. The Morgan fingerprint density at radius 3 is 2.63 bits per heavy atom. The van der Waals surface area contributed by atoms with Crippen LogP contribution < -0.4 is 5.32 Å². The number of amides is 1. The lowest BCUT2D eigenvalue weighted by Gasteiger charge is -2.22. The predicted octanol–water partition coefficient (Wildman–Crippen LogP) is 3.87. The number of rotatable bonds is 12. The molecule has 5 atom stereocenters. The molecule has 0 bridgehead atoms. The van der Waals surface area contributed by atoms with Gasteiger partial charge in [0.15, 0.2) is 0 Å². The maximum absolute atomic E-state index is 11.4. The van der Waals surface area contributed by atoms with Crippen molar-refractivity contribution in [3.8, 4) is 0 Å². The van der Waals surface area contributed by atoms with Gasteiger partial charge in [-0.1, -0.05) is 56.4 Å². The van der Waals surface area contributed by atoms with Crippen molar-refractivity contribution in [3.63, 3.8) is 0 Å². The molecule has 0 aromatic heterocycles. The molecular formula is C25H43NO4. The van der Waals surface area contributed by atoms with E-state index in [-0.39, 0.29) is 17.7 Å². The summed E-state index contributed by atoms with van der Waals surface area (Å²) in [6.45, 7) is 2.58. The fraction of sp³-hybridized carbons (Fsp3) is 0.800. The van der Waals surface area contributed by atoms with Crippen molar-refractivity contribution in [3.05, 3.63) is 24.3 Å². The number of nitrogens with one attached hydrogen (secondary N) is 1. The molecule has 2 saturated carbocycles. The van der Waals surface area contributed by atoms with E-state index >= 15 is 0 Å². The maximum atomic E-state index is 11.4. The van der Waals surface area contributed by atoms with Crippen molar-refractivity contribution < 1.29 is 20.1 Å². The van der Waals surface area contributed by atoms with Crippen LogP contribution >= 0.6 is 0 Å². The molecule has 1 amide bonds. The van der Waals surface area contributed by atoms with Gasteiger partial charge in [0.25, 0.3) is 0 Å². The first-order valence-corrected chi connectivity index (χ1v) is 12.2. The molecule has 4 N–H and O–H groups in total. The van der Waals surface area contributed by atoms with E-state index in [9.17, 15) is 20.1 Å². The first-order chi connectivity index (χ1) is 14.5. The molecular weight excluding hydrogens is 378 g/mol. The van der Waals surface area contributed by atoms with E-state index in [2.05, 4.69) is 17.5 Å². The van der Waals surface area contributed by atoms with Crippen molar-refractivity contribution in [1.29, 1.82) is 0 Å². The number of hydrogen-bond donors (Lipinski definition) is 4. The molecule has 5 nitrogen and oxygen atoms in total. The third kappa shape index (κ3) is 8.91. The second-order valence-corrected chi connectivity index (χ2v) is 9.20. The Balaban J connectivity index is 1.73. The Kier molecular flexibility index (Phi) is 11.7. The van der Waals surface area contributed by atoms with Gasteiger partial charge in [-0.25, -0.2) is 0 Å². The minimum Gasteiger partial charge on any atom is -0.393 e. The Labute approximate surface area is 182 Å². The highest BCUT2D eigenvalue weighted by Gasteiger charge is 2.39. The smallest absolute Gasteiger partial charge is 0.219 e. The summed E-state index contributed by atoms with van der Waals surface area (Å²) in [6, 6.07) is 0. The van der Waals surface area contributed by atoms with Gasteiger partial charge >= 0.3 is 0 Å². The molecule has 30 heavy (non-hydrogen) atoms. The van der Waals surface area contributed by atoms with Gasteiger partial charge in [0.2, 0.25) is 5.91 Å². The molecule has 0 aromatic carbocycles. The molecule has 2 rings (SSSR count). The molecule has 0 unspecified atom stereocenters. The van der Waals surface area contributed by atoms with Crippen molar-refractivity contribution in [1.82, 2.24) is 5.32 Å². The molecule has 2 aliphatic rings. The van der Waals surface area contributed by atoms with Crippen LogP contribution in [0.4, 0.5) is 0 Å². The van der Waals surface area contributed by atoms with Crippen LogP contribution in [0.2, 0.25) is 0 Å². The molecule has 0 saturated heterocycles. The van der Waals surface area contributed by atoms with Crippen molar-refractivity contribution in [2.24, 2.45) is 17.8 Å². The third-order valence-corrected chi connectivity index (χ3v) is 6.79. The van der Waals surface area contributed by atoms with Gasteiger partial charge in [-0.05, 0) is 50.9 Å². The van der Waals surface area contributed by atoms with Gasteiger partial charge in [0.1, 0.15) is 0 Å². The summed E-state index contributed by atoms with van der Waals surface area (Å²) in [5.41, 5.74) is 0. The molecule has 5 heteroatoms. The molecule has 0 radical (unpaired) electrons. The Morgan fingerprint density at radius 2 is 1.90 bits per heavy atom. The molecule has 2 aliphatic carbocycles. The highest BCUT2D eigenvalue weighted by molar-refractivity contribution is 5.75. The number of hydrogen-bond acceptors (Lipinski definition) is 4. The Bertz CT molecular complexity index is 541. The lowest BCUT2D eigenvalue weighted by atomic mass is 9.85. The van der Waals surface area contributed by atoms with E-state index in [0.29, 0.717) is 25.8 Å². The average molecular weight is 422 g/mol. The summed E-state index contributed by atoms with van der Waals surface area (Å²) in [5.74, 6) is 0.699. The lowest BCUT2D eigenvalue weighted by molar-refractivity contribution is -0.121. The van der Waals surface area contributed by atoms with Crippen molar-refractivity contribution >= 4 is 5.91 Å². The second kappa shape index (κ2) is 14.0. The summed E-state index contributed by atoms with van der Waals surface area (Å²) >= 11 is 0. The zero-order valence-electron chi connectivity index (χ0n) is 18.7. The Hall–Kier alpha value is -1.17. The maximum Gasteiger partial charge on any atom is 0.219 e. The van der Waals surface area contributed by atoms with Crippen molar-refractivity contribution in [2.75, 3.05) is 6.54 Å². The van der Waals surface area contributed by atoms with Gasteiger partial charge in [-0.15, -0.1) is 0 Å². The highest BCUT2D eigenvalue weighted by atomic mass is 16.3. The van der Waals surface area contributed by atoms with E-state index < -0.39 is 18.3 Å². The summed E-state index contributed by atoms with van der Waals surface area (Å²) in [4.78, 5) is 11.4. The molecule has 172 valence electrons. The third-order valence-electron chi connectivity index (χ3n) is 6.79. The van der Waals surface area contributed by atoms with E-state index in [1.54, 1.807) is 0 Å². The molecule has 0 heterocycles. The van der Waals surface area contributed by atoms with Gasteiger partial charge in [-0.3, -0.25) is 4.79 Å². The first kappa shape index (κ1) is 25.1. The van der Waals surface area contributed by atoms with Crippen LogP contribution in [-0.2, 0) is 4.79 Å².